The molecule has 7 heteroatoms. The number of alkyl halides is 1. The molecular weight excluding hydrogens is 361 g/mol. The van der Waals surface area contributed by atoms with Crippen molar-refractivity contribution in [3.05, 3.63) is 65.2 Å². The minimum Gasteiger partial charge on any atom is -0.465 e. The standard InChI is InChI=1S/C21H24FN3O3/c1-28-20(26)18-7-5-16(6-8-18)15-25(19-4-2-3-17(13-19)14-22)21(27)24-11-9-23-10-12-24/h2-8,13,23H,9-12,14-15H2,1H3. The van der Waals surface area contributed by atoms with Crippen LogP contribution < -0.4 is 10.2 Å². The molecule has 1 aliphatic heterocycles. The highest BCUT2D eigenvalue weighted by Gasteiger charge is 2.24. The van der Waals surface area contributed by atoms with Gasteiger partial charge in [-0.25, -0.2) is 14.0 Å². The zero-order chi connectivity index (χ0) is 19.9. The Kier molecular flexibility index (Phi) is 6.60. The maximum Gasteiger partial charge on any atom is 0.337 e. The Balaban J connectivity index is 1.86. The molecule has 1 aliphatic rings. The fourth-order valence-corrected chi connectivity index (χ4v) is 3.15. The summed E-state index contributed by atoms with van der Waals surface area (Å²) in [5.41, 5.74) is 2.49. The summed E-state index contributed by atoms with van der Waals surface area (Å²) in [5, 5.41) is 3.23. The van der Waals surface area contributed by atoms with Crippen LogP contribution in [0.5, 0.6) is 0 Å². The van der Waals surface area contributed by atoms with E-state index < -0.39 is 12.6 Å². The van der Waals surface area contributed by atoms with Crippen LogP contribution in [0.25, 0.3) is 0 Å². The molecule has 3 rings (SSSR count). The fourth-order valence-electron chi connectivity index (χ4n) is 3.15. The fraction of sp³-hybridized carbons (Fsp3) is 0.333. The van der Waals surface area contributed by atoms with Gasteiger partial charge in [-0.3, -0.25) is 4.90 Å². The number of ether oxygens (including phenoxy) is 1. The minimum absolute atomic E-state index is 0.116. The first-order valence-electron chi connectivity index (χ1n) is 9.21. The van der Waals surface area contributed by atoms with Crippen LogP contribution >= 0.6 is 0 Å². The van der Waals surface area contributed by atoms with Crippen molar-refractivity contribution in [3.63, 3.8) is 0 Å². The number of halogens is 1. The van der Waals surface area contributed by atoms with Crippen molar-refractivity contribution in [2.75, 3.05) is 38.2 Å². The van der Waals surface area contributed by atoms with Crippen molar-refractivity contribution >= 4 is 17.7 Å². The second-order valence-electron chi connectivity index (χ2n) is 6.60. The summed E-state index contributed by atoms with van der Waals surface area (Å²) < 4.78 is 17.9. The first-order valence-corrected chi connectivity index (χ1v) is 9.21. The van der Waals surface area contributed by atoms with Crippen molar-refractivity contribution in [1.82, 2.24) is 10.2 Å². The van der Waals surface area contributed by atoms with Gasteiger partial charge >= 0.3 is 12.0 Å². The molecule has 1 fully saturated rings. The monoisotopic (exact) mass is 385 g/mol. The van der Waals surface area contributed by atoms with E-state index in [9.17, 15) is 14.0 Å². The topological polar surface area (TPSA) is 61.9 Å². The molecule has 0 bridgehead atoms. The normalized spacial score (nSPS) is 13.9. The van der Waals surface area contributed by atoms with Gasteiger partial charge in [-0.05, 0) is 35.4 Å². The summed E-state index contributed by atoms with van der Waals surface area (Å²) in [5.74, 6) is -0.407. The molecule has 0 saturated carbocycles. The summed E-state index contributed by atoms with van der Waals surface area (Å²) in [6, 6.07) is 13.8. The third-order valence-corrected chi connectivity index (χ3v) is 4.71. The Hall–Kier alpha value is -2.93. The number of methoxy groups -OCH3 is 1. The molecule has 6 nitrogen and oxygen atoms in total. The average molecular weight is 385 g/mol. The van der Waals surface area contributed by atoms with Gasteiger partial charge in [0, 0.05) is 31.9 Å². The first-order chi connectivity index (χ1) is 13.6. The van der Waals surface area contributed by atoms with E-state index in [1.165, 1.54) is 7.11 Å². The predicted octanol–water partition coefficient (Wildman–Crippen LogP) is 2.97. The van der Waals surface area contributed by atoms with Gasteiger partial charge in [-0.2, -0.15) is 0 Å². The van der Waals surface area contributed by atoms with Crippen molar-refractivity contribution in [1.29, 1.82) is 0 Å². The molecule has 0 aliphatic carbocycles. The molecule has 0 unspecified atom stereocenters. The van der Waals surface area contributed by atoms with Gasteiger partial charge in [-0.1, -0.05) is 24.3 Å². The zero-order valence-electron chi connectivity index (χ0n) is 15.9. The van der Waals surface area contributed by atoms with Crippen molar-refractivity contribution < 1.29 is 18.7 Å². The van der Waals surface area contributed by atoms with Gasteiger partial charge in [0.2, 0.25) is 0 Å². The number of urea groups is 1. The molecule has 1 heterocycles. The highest BCUT2D eigenvalue weighted by atomic mass is 19.1. The molecule has 148 valence electrons. The quantitative estimate of drug-likeness (QED) is 0.804. The van der Waals surface area contributed by atoms with E-state index in [0.717, 1.165) is 18.7 Å². The van der Waals surface area contributed by atoms with Crippen LogP contribution in [0.3, 0.4) is 0 Å². The summed E-state index contributed by atoms with van der Waals surface area (Å²) in [4.78, 5) is 28.2. The van der Waals surface area contributed by atoms with E-state index in [4.69, 9.17) is 4.74 Å². The lowest BCUT2D eigenvalue weighted by Crippen LogP contribution is -2.51. The van der Waals surface area contributed by atoms with Gasteiger partial charge in [0.15, 0.2) is 0 Å². The number of benzene rings is 2. The average Bonchev–Trinajstić information content (AvgIpc) is 2.77. The van der Waals surface area contributed by atoms with Gasteiger partial charge < -0.3 is 15.0 Å². The molecule has 28 heavy (non-hydrogen) atoms. The van der Waals surface area contributed by atoms with Crippen LogP contribution in [0.2, 0.25) is 0 Å². The van der Waals surface area contributed by atoms with E-state index >= 15 is 0 Å². The zero-order valence-corrected chi connectivity index (χ0v) is 15.9. The number of nitrogens with zero attached hydrogens (tertiary/aromatic N) is 2. The lowest BCUT2D eigenvalue weighted by Gasteiger charge is -2.33. The van der Waals surface area contributed by atoms with Crippen molar-refractivity contribution in [2.24, 2.45) is 0 Å². The lowest BCUT2D eigenvalue weighted by atomic mass is 10.1. The van der Waals surface area contributed by atoms with E-state index in [1.807, 2.05) is 6.07 Å². The molecule has 0 aromatic heterocycles. The van der Waals surface area contributed by atoms with E-state index in [0.29, 0.717) is 36.4 Å². The van der Waals surface area contributed by atoms with Crippen LogP contribution in [-0.2, 0) is 18.0 Å². The summed E-state index contributed by atoms with van der Waals surface area (Å²) in [6.07, 6.45) is 0. The molecule has 0 radical (unpaired) electrons. The Morgan fingerprint density at radius 3 is 2.46 bits per heavy atom. The number of anilines is 1. The Bertz CT molecular complexity index is 820. The highest BCUT2D eigenvalue weighted by Crippen LogP contribution is 2.22. The number of hydrogen-bond acceptors (Lipinski definition) is 4. The van der Waals surface area contributed by atoms with Crippen molar-refractivity contribution in [3.8, 4) is 0 Å². The number of hydrogen-bond donors (Lipinski definition) is 1. The lowest BCUT2D eigenvalue weighted by molar-refractivity contribution is 0.0600. The van der Waals surface area contributed by atoms with Crippen LogP contribution in [-0.4, -0.2) is 50.2 Å². The van der Waals surface area contributed by atoms with Gasteiger partial charge in [0.1, 0.15) is 6.67 Å². The summed E-state index contributed by atoms with van der Waals surface area (Å²) >= 11 is 0. The number of rotatable bonds is 5. The van der Waals surface area contributed by atoms with Gasteiger partial charge in [0.05, 0.1) is 19.2 Å². The Labute approximate surface area is 163 Å². The minimum atomic E-state index is -0.586. The second kappa shape index (κ2) is 9.32. The third-order valence-electron chi connectivity index (χ3n) is 4.71. The van der Waals surface area contributed by atoms with Gasteiger partial charge in [-0.15, -0.1) is 0 Å². The molecule has 2 aromatic carbocycles. The molecule has 0 spiro atoms. The second-order valence-corrected chi connectivity index (χ2v) is 6.60. The van der Waals surface area contributed by atoms with Crippen LogP contribution in [0, 0.1) is 0 Å². The number of carbonyl (C=O) groups excluding carboxylic acids is 2. The largest absolute Gasteiger partial charge is 0.465 e. The van der Waals surface area contributed by atoms with Crippen molar-refractivity contribution in [2.45, 2.75) is 13.2 Å². The van der Waals surface area contributed by atoms with Crippen LogP contribution in [0.4, 0.5) is 14.9 Å². The van der Waals surface area contributed by atoms with Crippen LogP contribution in [0.15, 0.2) is 48.5 Å². The maximum atomic E-state index is 13.2. The number of esters is 1. The smallest absolute Gasteiger partial charge is 0.337 e. The number of amides is 2. The molecule has 1 saturated heterocycles. The molecular formula is C21H24FN3O3. The van der Waals surface area contributed by atoms with E-state index in [1.54, 1.807) is 52.3 Å². The SMILES string of the molecule is COC(=O)c1ccc(CN(C(=O)N2CCNCC2)c2cccc(CF)c2)cc1. The molecule has 1 N–H and O–H groups in total. The highest BCUT2D eigenvalue weighted by molar-refractivity contribution is 5.92. The van der Waals surface area contributed by atoms with Gasteiger partial charge in [0.25, 0.3) is 0 Å². The molecule has 0 atom stereocenters. The van der Waals surface area contributed by atoms with Crippen LogP contribution in [0.1, 0.15) is 21.5 Å². The number of nitrogens with one attached hydrogen (secondary N) is 1. The first kappa shape index (κ1) is 19.8. The molecule has 2 aromatic rings. The predicted molar refractivity (Wildman–Crippen MR) is 105 cm³/mol. The number of piperazine rings is 1. The summed E-state index contributed by atoms with van der Waals surface area (Å²) in [7, 11) is 1.34. The maximum absolute atomic E-state index is 13.2. The Morgan fingerprint density at radius 1 is 1.11 bits per heavy atom. The third kappa shape index (κ3) is 4.67. The molecule has 2 amide bonds. The Morgan fingerprint density at radius 2 is 1.82 bits per heavy atom. The van der Waals surface area contributed by atoms with E-state index in [-0.39, 0.29) is 6.03 Å². The summed E-state index contributed by atoms with van der Waals surface area (Å²) in [6.45, 7) is 2.48. The number of carbonyl (C=O) groups is 2. The van der Waals surface area contributed by atoms with E-state index in [2.05, 4.69) is 5.32 Å².